The summed E-state index contributed by atoms with van der Waals surface area (Å²) < 4.78 is 42.1. The number of carbonyl (C=O) groups is 2. The lowest BCUT2D eigenvalue weighted by Gasteiger charge is -2.12. The topological polar surface area (TPSA) is 159 Å². The second-order valence-electron chi connectivity index (χ2n) is 5.69. The number of methoxy groups -OCH3 is 1. The van der Waals surface area contributed by atoms with Crippen molar-refractivity contribution in [2.75, 3.05) is 38.1 Å². The van der Waals surface area contributed by atoms with E-state index < -0.39 is 26.9 Å². The van der Waals surface area contributed by atoms with Crippen molar-refractivity contribution in [1.29, 1.82) is 0 Å². The van der Waals surface area contributed by atoms with Crippen LogP contribution in [-0.4, -0.2) is 68.2 Å². The number of sulfonamides is 1. The molecular formula is C17H20ClN5O7S. The lowest BCUT2D eigenvalue weighted by molar-refractivity contribution is 0.0334. The highest BCUT2D eigenvalue weighted by Crippen LogP contribution is 2.17. The number of anilines is 1. The van der Waals surface area contributed by atoms with Crippen LogP contribution in [0, 0.1) is 6.92 Å². The summed E-state index contributed by atoms with van der Waals surface area (Å²) in [6.45, 7) is 1.82. The Morgan fingerprint density at radius 2 is 1.84 bits per heavy atom. The van der Waals surface area contributed by atoms with Gasteiger partial charge in [0.25, 0.3) is 10.0 Å². The van der Waals surface area contributed by atoms with Crippen molar-refractivity contribution in [2.45, 2.75) is 11.8 Å². The largest absolute Gasteiger partial charge is 0.467 e. The molecule has 0 aliphatic carbocycles. The summed E-state index contributed by atoms with van der Waals surface area (Å²) in [6.07, 6.45) is 0. The van der Waals surface area contributed by atoms with Gasteiger partial charge in [0.1, 0.15) is 17.3 Å². The van der Waals surface area contributed by atoms with E-state index in [9.17, 15) is 18.0 Å². The molecule has 0 unspecified atom stereocenters. The summed E-state index contributed by atoms with van der Waals surface area (Å²) in [5.74, 6) is -0.580. The number of amides is 2. The molecule has 2 rings (SSSR count). The second kappa shape index (κ2) is 11.4. The predicted octanol–water partition coefficient (Wildman–Crippen LogP) is 1.11. The molecule has 0 radical (unpaired) electrons. The lowest BCUT2D eigenvalue weighted by atomic mass is 10.2. The maximum absolute atomic E-state index is 12.7. The van der Waals surface area contributed by atoms with Gasteiger partial charge in [-0.25, -0.2) is 22.7 Å². The van der Waals surface area contributed by atoms with Gasteiger partial charge in [0.15, 0.2) is 0 Å². The third-order valence-electron chi connectivity index (χ3n) is 3.44. The number of benzene rings is 1. The zero-order chi connectivity index (χ0) is 22.9. The van der Waals surface area contributed by atoms with Crippen LogP contribution in [0.5, 0.6) is 6.01 Å². The van der Waals surface area contributed by atoms with Crippen molar-refractivity contribution in [2.24, 2.45) is 0 Å². The minimum absolute atomic E-state index is 0.0613. The monoisotopic (exact) mass is 473 g/mol. The molecule has 31 heavy (non-hydrogen) atoms. The molecule has 0 saturated carbocycles. The molecule has 1 aromatic carbocycles. The van der Waals surface area contributed by atoms with Crippen molar-refractivity contribution in [1.82, 2.24) is 19.7 Å². The number of hydrogen-bond acceptors (Lipinski definition) is 10. The molecular weight excluding hydrogens is 454 g/mol. The maximum Gasteiger partial charge on any atom is 0.339 e. The zero-order valence-electron chi connectivity index (χ0n) is 16.6. The number of urea groups is 1. The van der Waals surface area contributed by atoms with Crippen LogP contribution < -0.4 is 14.8 Å². The average Bonchev–Trinajstić information content (AvgIpc) is 2.72. The van der Waals surface area contributed by atoms with E-state index in [-0.39, 0.29) is 43.2 Å². The van der Waals surface area contributed by atoms with Gasteiger partial charge in [-0.2, -0.15) is 15.0 Å². The molecule has 1 aromatic heterocycles. The number of aryl methyl sites for hydroxylation is 1. The Morgan fingerprint density at radius 3 is 2.55 bits per heavy atom. The van der Waals surface area contributed by atoms with Gasteiger partial charge >= 0.3 is 18.0 Å². The number of nitrogens with zero attached hydrogens (tertiary/aromatic N) is 3. The third-order valence-corrected chi connectivity index (χ3v) is 4.98. The molecule has 0 bridgehead atoms. The molecule has 0 aliphatic heterocycles. The van der Waals surface area contributed by atoms with Gasteiger partial charge in [-0.1, -0.05) is 12.1 Å². The van der Waals surface area contributed by atoms with Gasteiger partial charge in [-0.15, -0.1) is 11.6 Å². The fourth-order valence-electron chi connectivity index (χ4n) is 2.21. The SMILES string of the molecule is COc1nc(C)nc(NC(=O)NS(=O)(=O)c2ccccc2C(=O)OCCOCCCl)n1. The van der Waals surface area contributed by atoms with Crippen LogP contribution in [0.2, 0.25) is 0 Å². The van der Waals surface area contributed by atoms with Gasteiger partial charge in [0.2, 0.25) is 5.95 Å². The molecule has 168 valence electrons. The summed E-state index contributed by atoms with van der Waals surface area (Å²) in [6, 6.07) is 4.06. The first-order chi connectivity index (χ1) is 14.8. The van der Waals surface area contributed by atoms with Crippen LogP contribution >= 0.6 is 11.6 Å². The Balaban J connectivity index is 2.10. The molecule has 1 heterocycles. The fraction of sp³-hybridized carbons (Fsp3) is 0.353. The number of alkyl halides is 1. The number of halogens is 1. The maximum atomic E-state index is 12.7. The highest BCUT2D eigenvalue weighted by atomic mass is 35.5. The van der Waals surface area contributed by atoms with Gasteiger partial charge in [0.05, 0.1) is 25.9 Å². The van der Waals surface area contributed by atoms with Crippen LogP contribution in [0.25, 0.3) is 0 Å². The molecule has 2 N–H and O–H groups in total. The van der Waals surface area contributed by atoms with Crippen molar-refractivity contribution in [3.8, 4) is 6.01 Å². The minimum Gasteiger partial charge on any atom is -0.467 e. The van der Waals surface area contributed by atoms with Crippen molar-refractivity contribution in [3.63, 3.8) is 0 Å². The normalized spacial score (nSPS) is 10.9. The number of rotatable bonds is 10. The Labute approximate surface area is 183 Å². The first kappa shape index (κ1) is 24.2. The summed E-state index contributed by atoms with van der Waals surface area (Å²) in [5.41, 5.74) is -0.252. The summed E-state index contributed by atoms with van der Waals surface area (Å²) in [5, 5.41) is 2.17. The molecule has 0 aliphatic rings. The molecule has 0 saturated heterocycles. The van der Waals surface area contributed by atoms with E-state index >= 15 is 0 Å². The van der Waals surface area contributed by atoms with Crippen LogP contribution in [0.1, 0.15) is 16.2 Å². The number of nitrogens with one attached hydrogen (secondary N) is 2. The highest BCUT2D eigenvalue weighted by Gasteiger charge is 2.25. The minimum atomic E-state index is -4.43. The first-order valence-corrected chi connectivity index (χ1v) is 10.8. The summed E-state index contributed by atoms with van der Waals surface area (Å²) in [4.78, 5) is 35.5. The fourth-order valence-corrected chi connectivity index (χ4v) is 3.42. The molecule has 2 aromatic rings. The zero-order valence-corrected chi connectivity index (χ0v) is 18.2. The van der Waals surface area contributed by atoms with Gasteiger partial charge in [0, 0.05) is 5.88 Å². The van der Waals surface area contributed by atoms with Gasteiger partial charge in [-0.05, 0) is 19.1 Å². The van der Waals surface area contributed by atoms with E-state index in [0.29, 0.717) is 5.88 Å². The molecule has 0 spiro atoms. The third kappa shape index (κ3) is 7.31. The number of esters is 1. The summed E-state index contributed by atoms with van der Waals surface area (Å²) in [7, 11) is -3.11. The van der Waals surface area contributed by atoms with Crippen LogP contribution in [0.3, 0.4) is 0 Å². The van der Waals surface area contributed by atoms with E-state index in [1.54, 1.807) is 4.72 Å². The quantitative estimate of drug-likeness (QED) is 0.290. The Kier molecular flexibility index (Phi) is 8.90. The lowest BCUT2D eigenvalue weighted by Crippen LogP contribution is -2.35. The number of aromatic nitrogens is 3. The van der Waals surface area contributed by atoms with E-state index in [2.05, 4.69) is 20.3 Å². The Bertz CT molecular complexity index is 1040. The molecule has 0 atom stereocenters. The Morgan fingerprint density at radius 1 is 1.10 bits per heavy atom. The second-order valence-corrected chi connectivity index (χ2v) is 7.71. The van der Waals surface area contributed by atoms with E-state index in [1.807, 2.05) is 0 Å². The smallest absolute Gasteiger partial charge is 0.339 e. The van der Waals surface area contributed by atoms with Crippen molar-refractivity contribution >= 4 is 39.6 Å². The number of carbonyl (C=O) groups excluding carboxylic acids is 2. The number of ether oxygens (including phenoxy) is 3. The van der Waals surface area contributed by atoms with E-state index in [0.717, 1.165) is 6.07 Å². The molecule has 2 amide bonds. The highest BCUT2D eigenvalue weighted by molar-refractivity contribution is 7.90. The number of hydrogen-bond donors (Lipinski definition) is 2. The first-order valence-electron chi connectivity index (χ1n) is 8.77. The van der Waals surface area contributed by atoms with Crippen LogP contribution in [0.4, 0.5) is 10.7 Å². The average molecular weight is 474 g/mol. The van der Waals surface area contributed by atoms with Crippen molar-refractivity contribution < 1.29 is 32.2 Å². The molecule has 14 heteroatoms. The predicted molar refractivity (Wildman–Crippen MR) is 109 cm³/mol. The van der Waals surface area contributed by atoms with Crippen LogP contribution in [-0.2, 0) is 19.5 Å². The van der Waals surface area contributed by atoms with Crippen LogP contribution in [0.15, 0.2) is 29.2 Å². The molecule has 0 fully saturated rings. The molecule has 12 nitrogen and oxygen atoms in total. The Hall–Kier alpha value is -3.03. The van der Waals surface area contributed by atoms with E-state index in [1.165, 1.54) is 32.2 Å². The van der Waals surface area contributed by atoms with Gasteiger partial charge < -0.3 is 14.2 Å². The summed E-state index contributed by atoms with van der Waals surface area (Å²) >= 11 is 5.47. The van der Waals surface area contributed by atoms with Gasteiger partial charge in [-0.3, -0.25) is 5.32 Å². The standard InChI is InChI=1S/C17H20ClN5O7S/c1-11-19-15(22-17(20-11)28-2)21-16(25)23-31(26,27)13-6-4-3-5-12(13)14(24)30-10-9-29-8-7-18/h3-6H,7-10H2,1-2H3,(H2,19,20,21,22,23,25). The van der Waals surface area contributed by atoms with Crippen molar-refractivity contribution in [3.05, 3.63) is 35.7 Å². The van der Waals surface area contributed by atoms with E-state index in [4.69, 9.17) is 25.8 Å².